The summed E-state index contributed by atoms with van der Waals surface area (Å²) < 4.78 is 6.26. The second-order valence-corrected chi connectivity index (χ2v) is 6.51. The molecule has 1 unspecified atom stereocenters. The summed E-state index contributed by atoms with van der Waals surface area (Å²) in [5.74, 6) is 0.350. The van der Waals surface area contributed by atoms with Gasteiger partial charge in [0, 0.05) is 24.8 Å². The molecule has 0 radical (unpaired) electrons. The zero-order chi connectivity index (χ0) is 14.6. The Kier molecular flexibility index (Phi) is 5.22. The maximum atomic E-state index is 11.6. The van der Waals surface area contributed by atoms with E-state index in [1.54, 1.807) is 0 Å². The van der Waals surface area contributed by atoms with E-state index in [4.69, 9.17) is 16.3 Å². The van der Waals surface area contributed by atoms with Crippen molar-refractivity contribution in [3.63, 3.8) is 0 Å². The van der Waals surface area contributed by atoms with Crippen molar-refractivity contribution in [1.29, 1.82) is 0 Å². The molecule has 1 atom stereocenters. The molecule has 0 aromatic heterocycles. The van der Waals surface area contributed by atoms with Crippen LogP contribution in [-0.2, 0) is 15.1 Å². The van der Waals surface area contributed by atoms with Crippen molar-refractivity contribution in [1.82, 2.24) is 0 Å². The highest BCUT2D eigenvalue weighted by molar-refractivity contribution is 6.20. The van der Waals surface area contributed by atoms with Crippen molar-refractivity contribution in [3.8, 4) is 0 Å². The Morgan fingerprint density at radius 1 is 1.30 bits per heavy atom. The minimum absolute atomic E-state index is 0.120. The number of hydrogen-bond acceptors (Lipinski definition) is 2. The summed E-state index contributed by atoms with van der Waals surface area (Å²) in [6, 6.07) is 8.34. The van der Waals surface area contributed by atoms with E-state index in [0.29, 0.717) is 25.2 Å². The molecule has 0 heterocycles. The largest absolute Gasteiger partial charge is 0.370 e. The van der Waals surface area contributed by atoms with Crippen LogP contribution in [-0.4, -0.2) is 17.8 Å². The van der Waals surface area contributed by atoms with Gasteiger partial charge in [-0.25, -0.2) is 0 Å². The number of ether oxygens (including phenoxy) is 1. The van der Waals surface area contributed by atoms with E-state index in [9.17, 15) is 4.79 Å². The number of ketones is 1. The van der Waals surface area contributed by atoms with Crippen molar-refractivity contribution in [3.05, 3.63) is 35.4 Å². The van der Waals surface area contributed by atoms with Crippen LogP contribution in [0.3, 0.4) is 0 Å². The van der Waals surface area contributed by atoms with Gasteiger partial charge < -0.3 is 4.74 Å². The molecule has 1 aliphatic rings. The fraction of sp³-hybridized carbons (Fsp3) is 0.588. The number of halogens is 1. The molecule has 2 rings (SSSR count). The zero-order valence-electron chi connectivity index (χ0n) is 12.3. The van der Waals surface area contributed by atoms with E-state index in [1.165, 1.54) is 11.1 Å². The van der Waals surface area contributed by atoms with Crippen LogP contribution in [0.5, 0.6) is 0 Å². The van der Waals surface area contributed by atoms with Gasteiger partial charge in [-0.05, 0) is 44.2 Å². The van der Waals surface area contributed by atoms with E-state index >= 15 is 0 Å². The van der Waals surface area contributed by atoms with Crippen LogP contribution < -0.4 is 0 Å². The Balaban J connectivity index is 2.20. The van der Waals surface area contributed by atoms with Crippen LogP contribution in [0, 0.1) is 6.92 Å². The lowest BCUT2D eigenvalue weighted by molar-refractivity contribution is -0.131. The molecule has 0 aliphatic heterocycles. The number of alkyl halides is 1. The highest BCUT2D eigenvalue weighted by Gasteiger charge is 2.38. The van der Waals surface area contributed by atoms with Gasteiger partial charge in [-0.3, -0.25) is 4.79 Å². The molecule has 0 amide bonds. The van der Waals surface area contributed by atoms with Crippen molar-refractivity contribution in [2.45, 2.75) is 56.9 Å². The van der Waals surface area contributed by atoms with E-state index in [1.807, 2.05) is 19.1 Å². The predicted molar refractivity (Wildman–Crippen MR) is 82.2 cm³/mol. The second kappa shape index (κ2) is 6.73. The van der Waals surface area contributed by atoms with Crippen molar-refractivity contribution < 1.29 is 9.53 Å². The van der Waals surface area contributed by atoms with Gasteiger partial charge in [0.25, 0.3) is 0 Å². The summed E-state index contributed by atoms with van der Waals surface area (Å²) in [6.45, 7) is 4.74. The van der Waals surface area contributed by atoms with E-state index in [0.717, 1.165) is 19.3 Å². The van der Waals surface area contributed by atoms with E-state index < -0.39 is 0 Å². The first-order chi connectivity index (χ1) is 9.53. The second-order valence-electron chi connectivity index (χ2n) is 5.77. The maximum Gasteiger partial charge on any atom is 0.133 e. The summed E-state index contributed by atoms with van der Waals surface area (Å²) in [5.41, 5.74) is 2.17. The monoisotopic (exact) mass is 294 g/mol. The molecule has 1 aliphatic carbocycles. The SMILES string of the molecule is Cc1ccccc1C1(OCCC(C)Cl)CCC(=O)CC1. The van der Waals surface area contributed by atoms with Crippen LogP contribution in [0.1, 0.15) is 50.2 Å². The molecule has 1 saturated carbocycles. The van der Waals surface area contributed by atoms with Gasteiger partial charge in [-0.15, -0.1) is 11.6 Å². The Labute approximate surface area is 126 Å². The lowest BCUT2D eigenvalue weighted by Gasteiger charge is -2.38. The van der Waals surface area contributed by atoms with Gasteiger partial charge in [0.1, 0.15) is 5.78 Å². The highest BCUT2D eigenvalue weighted by Crippen LogP contribution is 2.41. The Bertz CT molecular complexity index is 458. The third-order valence-electron chi connectivity index (χ3n) is 4.15. The van der Waals surface area contributed by atoms with Crippen molar-refractivity contribution in [2.75, 3.05) is 6.61 Å². The quantitative estimate of drug-likeness (QED) is 0.754. The van der Waals surface area contributed by atoms with Crippen LogP contribution >= 0.6 is 11.6 Å². The molecular weight excluding hydrogens is 272 g/mol. The molecule has 2 nitrogen and oxygen atoms in total. The van der Waals surface area contributed by atoms with E-state index in [-0.39, 0.29) is 11.0 Å². The smallest absolute Gasteiger partial charge is 0.133 e. The summed E-state index contributed by atoms with van der Waals surface area (Å²) in [4.78, 5) is 11.6. The van der Waals surface area contributed by atoms with Crippen LogP contribution in [0.25, 0.3) is 0 Å². The molecular formula is C17H23ClO2. The summed E-state index contributed by atoms with van der Waals surface area (Å²) >= 11 is 6.01. The third-order valence-corrected chi connectivity index (χ3v) is 4.36. The van der Waals surface area contributed by atoms with Gasteiger partial charge in [-0.2, -0.15) is 0 Å². The maximum absolute atomic E-state index is 11.6. The van der Waals surface area contributed by atoms with Crippen LogP contribution in [0.2, 0.25) is 0 Å². The topological polar surface area (TPSA) is 26.3 Å². The van der Waals surface area contributed by atoms with Crippen LogP contribution in [0.15, 0.2) is 24.3 Å². The summed E-state index contributed by atoms with van der Waals surface area (Å²) in [7, 11) is 0. The number of carbonyl (C=O) groups excluding carboxylic acids is 1. The van der Waals surface area contributed by atoms with Gasteiger partial charge in [0.05, 0.1) is 5.60 Å². The number of carbonyl (C=O) groups is 1. The zero-order valence-corrected chi connectivity index (χ0v) is 13.1. The number of hydrogen-bond donors (Lipinski definition) is 0. The summed E-state index contributed by atoms with van der Waals surface area (Å²) in [6.07, 6.45) is 3.64. The molecule has 0 spiro atoms. The average molecular weight is 295 g/mol. The highest BCUT2D eigenvalue weighted by atomic mass is 35.5. The van der Waals surface area contributed by atoms with Gasteiger partial charge in [0.2, 0.25) is 0 Å². The number of benzene rings is 1. The number of rotatable bonds is 5. The van der Waals surface area contributed by atoms with Gasteiger partial charge >= 0.3 is 0 Å². The standard InChI is InChI=1S/C17H23ClO2/c1-13-5-3-4-6-16(13)17(20-12-9-14(2)18)10-7-15(19)8-11-17/h3-6,14H,7-12H2,1-2H3. The lowest BCUT2D eigenvalue weighted by Crippen LogP contribution is -2.36. The van der Waals surface area contributed by atoms with Gasteiger partial charge in [-0.1, -0.05) is 24.3 Å². The predicted octanol–water partition coefficient (Wildman–Crippen LogP) is 4.37. The molecule has 0 saturated heterocycles. The minimum Gasteiger partial charge on any atom is -0.370 e. The molecule has 0 bridgehead atoms. The first-order valence-corrected chi connectivity index (χ1v) is 7.83. The lowest BCUT2D eigenvalue weighted by atomic mass is 9.77. The minimum atomic E-state index is -0.301. The fourth-order valence-electron chi connectivity index (χ4n) is 2.92. The molecule has 20 heavy (non-hydrogen) atoms. The summed E-state index contributed by atoms with van der Waals surface area (Å²) in [5, 5.41) is 0.120. The molecule has 1 aromatic rings. The molecule has 1 aromatic carbocycles. The normalized spacial score (nSPS) is 19.9. The first kappa shape index (κ1) is 15.5. The number of Topliss-reactive ketones (excluding diaryl/α,β-unsaturated/α-hetero) is 1. The Morgan fingerprint density at radius 3 is 2.55 bits per heavy atom. The Morgan fingerprint density at radius 2 is 1.95 bits per heavy atom. The molecule has 1 fully saturated rings. The van der Waals surface area contributed by atoms with Crippen molar-refractivity contribution in [2.24, 2.45) is 0 Å². The van der Waals surface area contributed by atoms with Crippen molar-refractivity contribution >= 4 is 17.4 Å². The van der Waals surface area contributed by atoms with Crippen LogP contribution in [0.4, 0.5) is 0 Å². The average Bonchev–Trinajstić information content (AvgIpc) is 2.42. The van der Waals surface area contributed by atoms with E-state index in [2.05, 4.69) is 19.1 Å². The molecule has 3 heteroatoms. The third kappa shape index (κ3) is 3.62. The first-order valence-electron chi connectivity index (χ1n) is 7.39. The molecule has 110 valence electrons. The molecule has 0 N–H and O–H groups in total. The number of aryl methyl sites for hydroxylation is 1. The van der Waals surface area contributed by atoms with Gasteiger partial charge in [0.15, 0.2) is 0 Å². The Hall–Kier alpha value is -0.860. The fourth-order valence-corrected chi connectivity index (χ4v) is 3.01.